The van der Waals surface area contributed by atoms with E-state index in [1.54, 1.807) is 12.1 Å². The Hall–Kier alpha value is -2.61. The number of carbonyl (C=O) groups excluding carboxylic acids is 1. The first-order valence-corrected chi connectivity index (χ1v) is 8.98. The van der Waals surface area contributed by atoms with Crippen molar-refractivity contribution in [3.05, 3.63) is 47.0 Å². The summed E-state index contributed by atoms with van der Waals surface area (Å²) < 4.78 is 14.0. The Bertz CT molecular complexity index is 922. The average Bonchev–Trinajstić information content (AvgIpc) is 3.30. The van der Waals surface area contributed by atoms with Gasteiger partial charge in [-0.2, -0.15) is 4.39 Å². The number of fused-ring (bicyclic) bond motifs is 1. The molecule has 4 heterocycles. The van der Waals surface area contributed by atoms with Gasteiger partial charge < -0.3 is 10.2 Å². The molecule has 0 aromatic carbocycles. The Morgan fingerprint density at radius 3 is 2.84 bits per heavy atom. The molecule has 6 nitrogen and oxygen atoms in total. The summed E-state index contributed by atoms with van der Waals surface area (Å²) in [5.74, 6) is -0.239. The molecule has 4 rings (SSSR count). The second-order valence-corrected chi connectivity index (χ2v) is 6.75. The van der Waals surface area contributed by atoms with Crippen LogP contribution in [0.3, 0.4) is 0 Å². The molecule has 0 atom stereocenters. The van der Waals surface area contributed by atoms with E-state index in [4.69, 9.17) is 0 Å². The standard InChI is InChI=1S/C17H16FN5OS/c18-13-5-3-4-11(20-13)10-19-17-21-12-6-9-25-15(12)14(22-17)16(24)23-7-1-2-8-23/h3-6,9H,1-2,7-8,10H2,(H,19,21,22). The van der Waals surface area contributed by atoms with Gasteiger partial charge in [-0.15, -0.1) is 11.3 Å². The summed E-state index contributed by atoms with van der Waals surface area (Å²) in [7, 11) is 0. The molecule has 1 fully saturated rings. The van der Waals surface area contributed by atoms with Crippen molar-refractivity contribution in [2.24, 2.45) is 0 Å². The highest BCUT2D eigenvalue weighted by atomic mass is 32.1. The molecule has 0 radical (unpaired) electrons. The number of hydrogen-bond acceptors (Lipinski definition) is 6. The van der Waals surface area contributed by atoms with Crippen LogP contribution in [0.1, 0.15) is 29.0 Å². The first-order valence-electron chi connectivity index (χ1n) is 8.10. The van der Waals surface area contributed by atoms with E-state index < -0.39 is 5.95 Å². The normalized spacial score (nSPS) is 14.2. The molecule has 3 aromatic heterocycles. The van der Waals surface area contributed by atoms with Gasteiger partial charge in [0.1, 0.15) is 0 Å². The zero-order valence-electron chi connectivity index (χ0n) is 13.4. The zero-order valence-corrected chi connectivity index (χ0v) is 14.2. The van der Waals surface area contributed by atoms with Crippen LogP contribution in [0.5, 0.6) is 0 Å². The number of rotatable bonds is 4. The summed E-state index contributed by atoms with van der Waals surface area (Å²) in [4.78, 5) is 27.3. The van der Waals surface area contributed by atoms with Crippen LogP contribution in [-0.4, -0.2) is 38.8 Å². The van der Waals surface area contributed by atoms with Crippen molar-refractivity contribution in [2.45, 2.75) is 19.4 Å². The minimum Gasteiger partial charge on any atom is -0.349 e. The van der Waals surface area contributed by atoms with E-state index in [2.05, 4.69) is 20.3 Å². The maximum Gasteiger partial charge on any atom is 0.274 e. The lowest BCUT2D eigenvalue weighted by Crippen LogP contribution is -2.28. The zero-order chi connectivity index (χ0) is 17.2. The van der Waals surface area contributed by atoms with Gasteiger partial charge in [0.05, 0.1) is 22.5 Å². The fourth-order valence-electron chi connectivity index (χ4n) is 2.88. The van der Waals surface area contributed by atoms with Crippen LogP contribution in [0.15, 0.2) is 29.6 Å². The van der Waals surface area contributed by atoms with E-state index in [1.807, 2.05) is 16.3 Å². The van der Waals surface area contributed by atoms with Crippen LogP contribution < -0.4 is 5.32 Å². The molecule has 0 saturated carbocycles. The van der Waals surface area contributed by atoms with Crippen LogP contribution in [-0.2, 0) is 6.54 Å². The van der Waals surface area contributed by atoms with E-state index in [-0.39, 0.29) is 12.5 Å². The van der Waals surface area contributed by atoms with Gasteiger partial charge in [0.2, 0.25) is 11.9 Å². The summed E-state index contributed by atoms with van der Waals surface area (Å²) in [5, 5.41) is 4.94. The number of nitrogens with zero attached hydrogens (tertiary/aromatic N) is 4. The third-order valence-electron chi connectivity index (χ3n) is 4.10. The van der Waals surface area contributed by atoms with E-state index in [0.717, 1.165) is 36.1 Å². The number of aromatic nitrogens is 3. The van der Waals surface area contributed by atoms with Gasteiger partial charge in [-0.3, -0.25) is 4.79 Å². The maximum absolute atomic E-state index is 13.2. The second kappa shape index (κ2) is 6.72. The van der Waals surface area contributed by atoms with Crippen molar-refractivity contribution < 1.29 is 9.18 Å². The molecular weight excluding hydrogens is 341 g/mol. The van der Waals surface area contributed by atoms with Gasteiger partial charge in [-0.05, 0) is 36.4 Å². The minimum absolute atomic E-state index is 0.0562. The fourth-order valence-corrected chi connectivity index (χ4v) is 3.69. The predicted octanol–water partition coefficient (Wildman–Crippen LogP) is 3.07. The Kier molecular flexibility index (Phi) is 4.27. The number of carbonyl (C=O) groups is 1. The van der Waals surface area contributed by atoms with Crippen LogP contribution in [0.2, 0.25) is 0 Å². The van der Waals surface area contributed by atoms with E-state index in [0.29, 0.717) is 17.3 Å². The number of pyridine rings is 1. The number of anilines is 1. The summed E-state index contributed by atoms with van der Waals surface area (Å²) in [6.07, 6.45) is 2.06. The number of hydrogen-bond donors (Lipinski definition) is 1. The lowest BCUT2D eigenvalue weighted by atomic mass is 10.3. The summed E-state index contributed by atoms with van der Waals surface area (Å²) in [6.45, 7) is 1.82. The molecule has 25 heavy (non-hydrogen) atoms. The molecule has 1 aliphatic heterocycles. The smallest absolute Gasteiger partial charge is 0.274 e. The SMILES string of the molecule is O=C(c1nc(NCc2cccc(F)n2)nc2ccsc12)N1CCCC1. The first kappa shape index (κ1) is 15.9. The molecule has 0 bridgehead atoms. The number of halogens is 1. The Morgan fingerprint density at radius 1 is 1.20 bits per heavy atom. The van der Waals surface area contributed by atoms with Crippen LogP contribution in [0.4, 0.5) is 10.3 Å². The van der Waals surface area contributed by atoms with Crippen molar-refractivity contribution in [3.8, 4) is 0 Å². The third kappa shape index (κ3) is 3.30. The average molecular weight is 357 g/mol. The lowest BCUT2D eigenvalue weighted by Gasteiger charge is -2.15. The molecule has 3 aromatic rings. The topological polar surface area (TPSA) is 71.0 Å². The second-order valence-electron chi connectivity index (χ2n) is 5.84. The number of nitrogens with one attached hydrogen (secondary N) is 1. The Morgan fingerprint density at radius 2 is 2.04 bits per heavy atom. The van der Waals surface area contributed by atoms with Gasteiger partial charge in [-0.25, -0.2) is 15.0 Å². The van der Waals surface area contributed by atoms with Crippen LogP contribution in [0, 0.1) is 5.95 Å². The third-order valence-corrected chi connectivity index (χ3v) is 5.01. The highest BCUT2D eigenvalue weighted by molar-refractivity contribution is 7.17. The summed E-state index contributed by atoms with van der Waals surface area (Å²) in [6, 6.07) is 6.48. The van der Waals surface area contributed by atoms with Gasteiger partial charge >= 0.3 is 0 Å². The molecule has 1 amide bonds. The first-order chi connectivity index (χ1) is 12.2. The van der Waals surface area contributed by atoms with Crippen molar-refractivity contribution >= 4 is 33.4 Å². The molecular formula is C17H16FN5OS. The number of amides is 1. The quantitative estimate of drug-likeness (QED) is 0.727. The van der Waals surface area contributed by atoms with E-state index in [9.17, 15) is 9.18 Å². The van der Waals surface area contributed by atoms with Crippen molar-refractivity contribution in [1.29, 1.82) is 0 Å². The van der Waals surface area contributed by atoms with Gasteiger partial charge in [0.25, 0.3) is 5.91 Å². The minimum atomic E-state index is -0.529. The molecule has 0 spiro atoms. The van der Waals surface area contributed by atoms with Gasteiger partial charge in [0, 0.05) is 13.1 Å². The fraction of sp³-hybridized carbons (Fsp3) is 0.294. The monoisotopic (exact) mass is 357 g/mol. The molecule has 1 saturated heterocycles. The molecule has 0 aliphatic carbocycles. The molecule has 128 valence electrons. The molecule has 8 heteroatoms. The predicted molar refractivity (Wildman–Crippen MR) is 94.1 cm³/mol. The van der Waals surface area contributed by atoms with Crippen LogP contribution in [0.25, 0.3) is 10.2 Å². The van der Waals surface area contributed by atoms with Gasteiger partial charge in [-0.1, -0.05) is 6.07 Å². The summed E-state index contributed by atoms with van der Waals surface area (Å²) >= 11 is 1.46. The highest BCUT2D eigenvalue weighted by Crippen LogP contribution is 2.25. The molecule has 1 N–H and O–H groups in total. The maximum atomic E-state index is 13.2. The number of likely N-dealkylation sites (tertiary alicyclic amines) is 1. The van der Waals surface area contributed by atoms with Gasteiger partial charge in [0.15, 0.2) is 5.69 Å². The highest BCUT2D eigenvalue weighted by Gasteiger charge is 2.24. The largest absolute Gasteiger partial charge is 0.349 e. The molecule has 0 unspecified atom stereocenters. The number of thiophene rings is 1. The Balaban J connectivity index is 1.62. The Labute approximate surface area is 147 Å². The van der Waals surface area contributed by atoms with Crippen molar-refractivity contribution in [3.63, 3.8) is 0 Å². The molecule has 1 aliphatic rings. The van der Waals surface area contributed by atoms with Crippen molar-refractivity contribution in [1.82, 2.24) is 19.9 Å². The van der Waals surface area contributed by atoms with Crippen LogP contribution >= 0.6 is 11.3 Å². The van der Waals surface area contributed by atoms with E-state index in [1.165, 1.54) is 17.4 Å². The van der Waals surface area contributed by atoms with E-state index >= 15 is 0 Å². The summed E-state index contributed by atoms with van der Waals surface area (Å²) in [5.41, 5.74) is 1.70. The lowest BCUT2D eigenvalue weighted by molar-refractivity contribution is 0.0789. The van der Waals surface area contributed by atoms with Crippen molar-refractivity contribution in [2.75, 3.05) is 18.4 Å².